The van der Waals surface area contributed by atoms with E-state index in [1.165, 1.54) is 0 Å². The van der Waals surface area contributed by atoms with Crippen molar-refractivity contribution in [1.29, 1.82) is 0 Å². The average Bonchev–Trinajstić information content (AvgIpc) is 2.17. The van der Waals surface area contributed by atoms with Gasteiger partial charge in [0.05, 0.1) is 6.54 Å². The van der Waals surface area contributed by atoms with Crippen LogP contribution in [0.4, 0.5) is 0 Å². The molecule has 9 heavy (non-hydrogen) atoms. The smallest absolute Gasteiger partial charge is 0.211 e. The second-order valence-electron chi connectivity index (χ2n) is 1.89. The van der Waals surface area contributed by atoms with Gasteiger partial charge in [-0.25, -0.2) is 0 Å². The maximum absolute atomic E-state index is 9.86. The molecule has 3 heteroatoms. The molecule has 1 amide bonds. The number of carbonyl (C=O) groups excluding carboxylic acids is 1. The Bertz CT molecular complexity index is 177. The molecule has 1 heterocycles. The predicted molar refractivity (Wildman–Crippen MR) is 35.3 cm³/mol. The van der Waals surface area contributed by atoms with Crippen LogP contribution < -0.4 is 5.32 Å². The lowest BCUT2D eigenvalue weighted by atomic mass is 10.4. The van der Waals surface area contributed by atoms with Gasteiger partial charge in [0.1, 0.15) is 0 Å². The number of nitrogens with one attached hydrogen (secondary N) is 1. The zero-order valence-corrected chi connectivity index (χ0v) is 5.22. The minimum atomic E-state index is 0.616. The Kier molecular flexibility index (Phi) is 1.63. The first-order valence-corrected chi connectivity index (χ1v) is 2.75. The minimum Gasteiger partial charge on any atom is -0.330 e. The summed E-state index contributed by atoms with van der Waals surface area (Å²) < 4.78 is 0. The topological polar surface area (TPSA) is 41.5 Å². The van der Waals surface area contributed by atoms with Crippen molar-refractivity contribution in [3.8, 4) is 0 Å². The molecule has 48 valence electrons. The molecular weight excluding hydrogens is 116 g/mol. The molecule has 0 saturated heterocycles. The molecule has 0 aromatic rings. The Hall–Kier alpha value is -1.12. The van der Waals surface area contributed by atoms with Crippen LogP contribution in [0.5, 0.6) is 0 Å². The Labute approximate surface area is 53.5 Å². The SMILES string of the molecule is CC1=NCC(NC=O)=C1. The summed E-state index contributed by atoms with van der Waals surface area (Å²) in [5, 5.41) is 2.54. The number of allylic oxidation sites excluding steroid dienone is 1. The molecule has 1 aliphatic rings. The largest absolute Gasteiger partial charge is 0.330 e. The highest BCUT2D eigenvalue weighted by Gasteiger charge is 2.01. The lowest BCUT2D eigenvalue weighted by Gasteiger charge is -1.92. The van der Waals surface area contributed by atoms with Crippen LogP contribution in [-0.4, -0.2) is 18.7 Å². The van der Waals surface area contributed by atoms with Gasteiger partial charge in [0, 0.05) is 11.4 Å². The highest BCUT2D eigenvalue weighted by atomic mass is 16.1. The molecule has 0 atom stereocenters. The molecule has 0 aliphatic carbocycles. The van der Waals surface area contributed by atoms with Crippen molar-refractivity contribution < 1.29 is 4.79 Å². The number of rotatable bonds is 2. The highest BCUT2D eigenvalue weighted by molar-refractivity contribution is 5.95. The van der Waals surface area contributed by atoms with Gasteiger partial charge in [-0.3, -0.25) is 9.79 Å². The molecule has 0 radical (unpaired) electrons. The Morgan fingerprint density at radius 3 is 3.11 bits per heavy atom. The van der Waals surface area contributed by atoms with Crippen LogP contribution >= 0.6 is 0 Å². The quantitative estimate of drug-likeness (QED) is 0.521. The van der Waals surface area contributed by atoms with Gasteiger partial charge in [-0.05, 0) is 13.0 Å². The molecule has 0 aromatic carbocycles. The molecule has 0 fully saturated rings. The fraction of sp³-hybridized carbons (Fsp3) is 0.333. The van der Waals surface area contributed by atoms with Crippen molar-refractivity contribution >= 4 is 12.1 Å². The lowest BCUT2D eigenvalue weighted by Crippen LogP contribution is -2.10. The Morgan fingerprint density at radius 2 is 2.67 bits per heavy atom. The van der Waals surface area contributed by atoms with Gasteiger partial charge < -0.3 is 5.32 Å². The number of carbonyl (C=O) groups is 1. The summed E-state index contributed by atoms with van der Waals surface area (Å²) in [5.41, 5.74) is 1.85. The van der Waals surface area contributed by atoms with E-state index < -0.39 is 0 Å². The number of aliphatic imine (C=N–C) groups is 1. The first-order valence-electron chi connectivity index (χ1n) is 2.75. The van der Waals surface area contributed by atoms with Crippen molar-refractivity contribution in [1.82, 2.24) is 5.32 Å². The molecule has 0 unspecified atom stereocenters. The number of nitrogens with zero attached hydrogens (tertiary/aromatic N) is 1. The molecule has 1 aliphatic heterocycles. The summed E-state index contributed by atoms with van der Waals surface area (Å²) >= 11 is 0. The van der Waals surface area contributed by atoms with Crippen LogP contribution in [0.2, 0.25) is 0 Å². The summed E-state index contributed by atoms with van der Waals surface area (Å²) in [5.74, 6) is 0. The van der Waals surface area contributed by atoms with Crippen molar-refractivity contribution in [3.05, 3.63) is 11.8 Å². The maximum atomic E-state index is 9.86. The molecule has 0 bridgehead atoms. The van der Waals surface area contributed by atoms with Crippen LogP contribution in [0.3, 0.4) is 0 Å². The second kappa shape index (κ2) is 2.44. The molecule has 0 aromatic heterocycles. The second-order valence-corrected chi connectivity index (χ2v) is 1.89. The monoisotopic (exact) mass is 124 g/mol. The van der Waals surface area contributed by atoms with Gasteiger partial charge >= 0.3 is 0 Å². The summed E-state index contributed by atoms with van der Waals surface area (Å²) in [7, 11) is 0. The lowest BCUT2D eigenvalue weighted by molar-refractivity contribution is -0.108. The van der Waals surface area contributed by atoms with E-state index in [9.17, 15) is 4.79 Å². The summed E-state index contributed by atoms with van der Waals surface area (Å²) in [6.45, 7) is 2.52. The van der Waals surface area contributed by atoms with E-state index in [0.29, 0.717) is 13.0 Å². The van der Waals surface area contributed by atoms with Crippen LogP contribution in [-0.2, 0) is 4.79 Å². The van der Waals surface area contributed by atoms with E-state index in [1.807, 2.05) is 13.0 Å². The molecular formula is C6H8N2O. The Morgan fingerprint density at radius 1 is 1.89 bits per heavy atom. The van der Waals surface area contributed by atoms with Crippen molar-refractivity contribution in [2.75, 3.05) is 6.54 Å². The van der Waals surface area contributed by atoms with Gasteiger partial charge in [0.25, 0.3) is 0 Å². The molecule has 3 nitrogen and oxygen atoms in total. The van der Waals surface area contributed by atoms with E-state index >= 15 is 0 Å². The molecule has 0 spiro atoms. The van der Waals surface area contributed by atoms with Gasteiger partial charge in [-0.1, -0.05) is 0 Å². The first kappa shape index (κ1) is 6.01. The van der Waals surface area contributed by atoms with Gasteiger partial charge in [0.2, 0.25) is 6.41 Å². The van der Waals surface area contributed by atoms with Crippen molar-refractivity contribution in [3.63, 3.8) is 0 Å². The summed E-state index contributed by atoms with van der Waals surface area (Å²) in [6.07, 6.45) is 2.52. The van der Waals surface area contributed by atoms with E-state index in [2.05, 4.69) is 10.3 Å². The van der Waals surface area contributed by atoms with Crippen molar-refractivity contribution in [2.24, 2.45) is 4.99 Å². The van der Waals surface area contributed by atoms with Crippen molar-refractivity contribution in [2.45, 2.75) is 6.92 Å². The standard InChI is InChI=1S/C6H8N2O/c1-5-2-6(3-7-5)8-4-9/h2,4H,3H2,1H3,(H,8,9). The fourth-order valence-corrected chi connectivity index (χ4v) is 0.716. The third-order valence-corrected chi connectivity index (χ3v) is 1.13. The number of hydrogen-bond acceptors (Lipinski definition) is 2. The highest BCUT2D eigenvalue weighted by Crippen LogP contribution is 1.99. The van der Waals surface area contributed by atoms with Crippen LogP contribution in [0.25, 0.3) is 0 Å². The van der Waals surface area contributed by atoms with Gasteiger partial charge in [-0.2, -0.15) is 0 Å². The van der Waals surface area contributed by atoms with E-state index in [-0.39, 0.29) is 0 Å². The molecule has 1 rings (SSSR count). The van der Waals surface area contributed by atoms with E-state index in [1.54, 1.807) is 0 Å². The van der Waals surface area contributed by atoms with Crippen LogP contribution in [0.1, 0.15) is 6.92 Å². The normalized spacial score (nSPS) is 16.6. The zero-order valence-electron chi connectivity index (χ0n) is 5.22. The Balaban J connectivity index is 2.49. The zero-order chi connectivity index (χ0) is 6.69. The third kappa shape index (κ3) is 1.38. The average molecular weight is 124 g/mol. The van der Waals surface area contributed by atoms with E-state index in [0.717, 1.165) is 11.4 Å². The predicted octanol–water partition coefficient (Wildman–Crippen LogP) is 0.0908. The molecule has 1 N–H and O–H groups in total. The van der Waals surface area contributed by atoms with Crippen LogP contribution in [0.15, 0.2) is 16.8 Å². The summed E-state index contributed by atoms with van der Waals surface area (Å²) in [4.78, 5) is 13.9. The number of hydrogen-bond donors (Lipinski definition) is 1. The fourth-order valence-electron chi connectivity index (χ4n) is 0.716. The van der Waals surface area contributed by atoms with E-state index in [4.69, 9.17) is 0 Å². The molecule has 0 saturated carbocycles. The van der Waals surface area contributed by atoms with Gasteiger partial charge in [0.15, 0.2) is 0 Å². The number of amides is 1. The van der Waals surface area contributed by atoms with Gasteiger partial charge in [-0.15, -0.1) is 0 Å². The maximum Gasteiger partial charge on any atom is 0.211 e. The first-order chi connectivity index (χ1) is 4.33. The minimum absolute atomic E-state index is 0.616. The van der Waals surface area contributed by atoms with Crippen LogP contribution in [0, 0.1) is 0 Å². The third-order valence-electron chi connectivity index (χ3n) is 1.13. The summed E-state index contributed by atoms with van der Waals surface area (Å²) in [6, 6.07) is 0.